The van der Waals surface area contributed by atoms with E-state index in [1.807, 2.05) is 29.8 Å². The van der Waals surface area contributed by atoms with Gasteiger partial charge in [-0.15, -0.1) is 0 Å². The SMILES string of the molecule is Cc1ncnn1-c1ccccc1-c1nc2cc(-c3cnc(N)nc3)ccc2n1C(C)(C)C. The van der Waals surface area contributed by atoms with E-state index in [9.17, 15) is 0 Å². The monoisotopic (exact) mass is 424 g/mol. The number of imidazole rings is 1. The third kappa shape index (κ3) is 3.30. The Morgan fingerprint density at radius 2 is 1.66 bits per heavy atom. The van der Waals surface area contributed by atoms with Crippen molar-refractivity contribution < 1.29 is 0 Å². The molecular formula is C24H24N8. The molecule has 0 spiro atoms. The molecule has 0 bridgehead atoms. The zero-order valence-corrected chi connectivity index (χ0v) is 18.5. The Labute approximate surface area is 185 Å². The van der Waals surface area contributed by atoms with Crippen molar-refractivity contribution in [3.63, 3.8) is 0 Å². The number of fused-ring (bicyclic) bond motifs is 1. The first kappa shape index (κ1) is 19.9. The fourth-order valence-electron chi connectivity index (χ4n) is 3.99. The Morgan fingerprint density at radius 3 is 2.34 bits per heavy atom. The number of anilines is 1. The molecule has 8 heteroatoms. The summed E-state index contributed by atoms with van der Waals surface area (Å²) in [7, 11) is 0. The Bertz CT molecular complexity index is 1420. The molecule has 0 fully saturated rings. The van der Waals surface area contributed by atoms with E-state index in [-0.39, 0.29) is 11.5 Å². The number of hydrogen-bond donors (Lipinski definition) is 1. The summed E-state index contributed by atoms with van der Waals surface area (Å²) < 4.78 is 4.12. The van der Waals surface area contributed by atoms with Crippen molar-refractivity contribution in [1.82, 2.24) is 34.3 Å². The maximum absolute atomic E-state index is 5.65. The summed E-state index contributed by atoms with van der Waals surface area (Å²) in [6.45, 7) is 8.49. The third-order valence-electron chi connectivity index (χ3n) is 5.42. The van der Waals surface area contributed by atoms with E-state index in [0.717, 1.165) is 45.1 Å². The summed E-state index contributed by atoms with van der Waals surface area (Å²) >= 11 is 0. The number of rotatable bonds is 3. The molecule has 0 aliphatic heterocycles. The van der Waals surface area contributed by atoms with Crippen molar-refractivity contribution in [3.8, 4) is 28.2 Å². The molecule has 0 saturated carbocycles. The fourth-order valence-corrected chi connectivity index (χ4v) is 3.99. The minimum Gasteiger partial charge on any atom is -0.368 e. The van der Waals surface area contributed by atoms with E-state index < -0.39 is 0 Å². The molecular weight excluding hydrogens is 400 g/mol. The molecule has 2 N–H and O–H groups in total. The Morgan fingerprint density at radius 1 is 0.906 bits per heavy atom. The second kappa shape index (κ2) is 7.26. The van der Waals surface area contributed by atoms with E-state index in [4.69, 9.17) is 10.7 Å². The van der Waals surface area contributed by atoms with Crippen LogP contribution in [0, 0.1) is 6.92 Å². The first-order valence-electron chi connectivity index (χ1n) is 10.4. The highest BCUT2D eigenvalue weighted by molar-refractivity contribution is 5.87. The number of aryl methyl sites for hydroxylation is 1. The van der Waals surface area contributed by atoms with E-state index in [1.165, 1.54) is 0 Å². The number of nitrogens with two attached hydrogens (primary N) is 1. The van der Waals surface area contributed by atoms with Crippen molar-refractivity contribution in [3.05, 3.63) is 67.0 Å². The largest absolute Gasteiger partial charge is 0.368 e. The Hall–Kier alpha value is -4.07. The van der Waals surface area contributed by atoms with Gasteiger partial charge in [-0.05, 0) is 57.5 Å². The molecule has 32 heavy (non-hydrogen) atoms. The standard InChI is InChI=1S/C24H24N8/c1-15-28-14-29-32(15)20-8-6-5-7-18(20)22-30-19-11-16(17-12-26-23(25)27-13-17)9-10-21(19)31(22)24(2,3)4/h5-14H,1-4H3,(H2,25,26,27). The van der Waals surface area contributed by atoms with Crippen molar-refractivity contribution in [2.45, 2.75) is 33.2 Å². The van der Waals surface area contributed by atoms with E-state index in [1.54, 1.807) is 18.7 Å². The minimum atomic E-state index is -0.194. The predicted molar refractivity (Wildman–Crippen MR) is 125 cm³/mol. The lowest BCUT2D eigenvalue weighted by molar-refractivity contribution is 0.413. The molecule has 5 aromatic rings. The van der Waals surface area contributed by atoms with Gasteiger partial charge < -0.3 is 10.3 Å². The first-order chi connectivity index (χ1) is 15.3. The van der Waals surface area contributed by atoms with Crippen LogP contribution in [0.2, 0.25) is 0 Å². The van der Waals surface area contributed by atoms with Crippen LogP contribution in [0.25, 0.3) is 39.2 Å². The summed E-state index contributed by atoms with van der Waals surface area (Å²) in [6, 6.07) is 14.4. The summed E-state index contributed by atoms with van der Waals surface area (Å²) in [5.74, 6) is 1.96. The first-order valence-corrected chi connectivity index (χ1v) is 10.4. The number of benzene rings is 2. The molecule has 8 nitrogen and oxygen atoms in total. The molecule has 0 aliphatic carbocycles. The van der Waals surface area contributed by atoms with Crippen LogP contribution < -0.4 is 5.73 Å². The number of hydrogen-bond acceptors (Lipinski definition) is 6. The Kier molecular flexibility index (Phi) is 4.51. The van der Waals surface area contributed by atoms with Crippen LogP contribution in [0.1, 0.15) is 26.6 Å². The van der Waals surface area contributed by atoms with Crippen molar-refractivity contribution >= 4 is 17.0 Å². The van der Waals surface area contributed by atoms with Gasteiger partial charge in [0, 0.05) is 29.1 Å². The van der Waals surface area contributed by atoms with Gasteiger partial charge in [0.25, 0.3) is 0 Å². The normalized spacial score (nSPS) is 11.9. The van der Waals surface area contributed by atoms with Crippen LogP contribution >= 0.6 is 0 Å². The van der Waals surface area contributed by atoms with Crippen molar-refractivity contribution in [1.29, 1.82) is 0 Å². The highest BCUT2D eigenvalue weighted by atomic mass is 15.3. The molecule has 3 heterocycles. The van der Waals surface area contributed by atoms with E-state index in [0.29, 0.717) is 0 Å². The second-order valence-electron chi connectivity index (χ2n) is 8.71. The lowest BCUT2D eigenvalue weighted by Gasteiger charge is -2.25. The third-order valence-corrected chi connectivity index (χ3v) is 5.42. The summed E-state index contributed by atoms with van der Waals surface area (Å²) in [4.78, 5) is 17.6. The maximum Gasteiger partial charge on any atom is 0.219 e. The topological polar surface area (TPSA) is 100 Å². The minimum absolute atomic E-state index is 0.194. The van der Waals surface area contributed by atoms with Gasteiger partial charge in [0.1, 0.15) is 18.0 Å². The molecule has 160 valence electrons. The molecule has 0 radical (unpaired) electrons. The van der Waals surface area contributed by atoms with Gasteiger partial charge in [0.05, 0.1) is 16.7 Å². The van der Waals surface area contributed by atoms with Gasteiger partial charge in [-0.25, -0.2) is 24.6 Å². The zero-order valence-electron chi connectivity index (χ0n) is 18.5. The van der Waals surface area contributed by atoms with Crippen LogP contribution in [0.15, 0.2) is 61.2 Å². The lowest BCUT2D eigenvalue weighted by atomic mass is 10.1. The molecule has 0 amide bonds. The summed E-state index contributed by atoms with van der Waals surface area (Å²) in [5, 5.41) is 4.42. The number of nitrogen functional groups attached to an aromatic ring is 1. The molecule has 0 atom stereocenters. The van der Waals surface area contributed by atoms with Crippen LogP contribution in [-0.2, 0) is 5.54 Å². The Balaban J connectivity index is 1.75. The summed E-state index contributed by atoms with van der Waals surface area (Å²) in [6.07, 6.45) is 5.03. The molecule has 5 rings (SSSR count). The lowest BCUT2D eigenvalue weighted by Crippen LogP contribution is -2.23. The average Bonchev–Trinajstić information content (AvgIpc) is 3.37. The van der Waals surface area contributed by atoms with Crippen molar-refractivity contribution in [2.75, 3.05) is 5.73 Å². The van der Waals surface area contributed by atoms with Crippen LogP contribution in [0.4, 0.5) is 5.95 Å². The average molecular weight is 425 g/mol. The van der Waals surface area contributed by atoms with Crippen LogP contribution in [0.5, 0.6) is 0 Å². The van der Waals surface area contributed by atoms with Crippen LogP contribution in [0.3, 0.4) is 0 Å². The quantitative estimate of drug-likeness (QED) is 0.461. The second-order valence-corrected chi connectivity index (χ2v) is 8.71. The number of nitrogens with zero attached hydrogens (tertiary/aromatic N) is 7. The van der Waals surface area contributed by atoms with Gasteiger partial charge in [0.2, 0.25) is 5.95 Å². The molecule has 0 saturated heterocycles. The maximum atomic E-state index is 5.65. The van der Waals surface area contributed by atoms with Gasteiger partial charge in [-0.1, -0.05) is 18.2 Å². The van der Waals surface area contributed by atoms with Crippen LogP contribution in [-0.4, -0.2) is 34.3 Å². The van der Waals surface area contributed by atoms with E-state index in [2.05, 4.69) is 69.7 Å². The molecule has 0 unspecified atom stereocenters. The molecule has 3 aromatic heterocycles. The van der Waals surface area contributed by atoms with Crippen molar-refractivity contribution in [2.24, 2.45) is 0 Å². The highest BCUT2D eigenvalue weighted by Crippen LogP contribution is 2.35. The molecule has 0 aliphatic rings. The number of aromatic nitrogens is 7. The van der Waals surface area contributed by atoms with Gasteiger partial charge in [-0.3, -0.25) is 0 Å². The zero-order chi connectivity index (χ0) is 22.5. The van der Waals surface area contributed by atoms with Gasteiger partial charge in [0.15, 0.2) is 0 Å². The predicted octanol–water partition coefficient (Wildman–Crippen LogP) is 4.39. The smallest absolute Gasteiger partial charge is 0.219 e. The number of para-hydroxylation sites is 1. The highest BCUT2D eigenvalue weighted by Gasteiger charge is 2.25. The van der Waals surface area contributed by atoms with E-state index >= 15 is 0 Å². The molecule has 2 aromatic carbocycles. The van der Waals surface area contributed by atoms with Gasteiger partial charge >= 0.3 is 0 Å². The summed E-state index contributed by atoms with van der Waals surface area (Å²) in [5.41, 5.74) is 11.2. The van der Waals surface area contributed by atoms with Gasteiger partial charge in [-0.2, -0.15) is 5.10 Å². The fraction of sp³-hybridized carbons (Fsp3) is 0.208.